The second kappa shape index (κ2) is 8.67. The lowest BCUT2D eigenvalue weighted by molar-refractivity contribution is 0.395. The van der Waals surface area contributed by atoms with E-state index in [9.17, 15) is 0 Å². The van der Waals surface area contributed by atoms with Gasteiger partial charge < -0.3 is 29.4 Å². The first-order valence-electron chi connectivity index (χ1n) is 10.5. The Morgan fingerprint density at radius 1 is 0.939 bits per heavy atom. The summed E-state index contributed by atoms with van der Waals surface area (Å²) < 4.78 is 12.8. The van der Waals surface area contributed by atoms with Crippen molar-refractivity contribution in [2.24, 2.45) is 0 Å². The number of anilines is 3. The Kier molecular flexibility index (Phi) is 5.55. The minimum Gasteiger partial charge on any atom is -0.496 e. The first-order valence-corrected chi connectivity index (χ1v) is 10.9. The third kappa shape index (κ3) is 4.07. The topological polar surface area (TPSA) is 94.0 Å². The lowest BCUT2D eigenvalue weighted by Gasteiger charge is -2.36. The van der Waals surface area contributed by atoms with Crippen LogP contribution in [0.25, 0.3) is 16.9 Å². The van der Waals surface area contributed by atoms with Gasteiger partial charge in [0.1, 0.15) is 23.0 Å². The monoisotopic (exact) mass is 465 g/mol. The molecule has 9 nitrogen and oxygen atoms in total. The molecule has 0 saturated carbocycles. The number of hydrogen-bond acceptors (Lipinski definition) is 8. The molecule has 0 atom stereocenters. The Morgan fingerprint density at radius 2 is 1.70 bits per heavy atom. The molecular formula is C23H24ClN7O2. The first-order chi connectivity index (χ1) is 16.1. The number of nitrogens with zero attached hydrogens (tertiary/aromatic N) is 6. The third-order valence-corrected chi connectivity index (χ3v) is 6.08. The minimum atomic E-state index is 0.484. The SMILES string of the molecule is COc1cc(OC)c(-c2cn3ccc(N4CCN(c5nccc(N)n5)CC4)cc3n2)cc1Cl. The fourth-order valence-corrected chi connectivity index (χ4v) is 4.28. The van der Waals surface area contributed by atoms with Crippen molar-refractivity contribution in [1.82, 2.24) is 19.4 Å². The molecule has 10 heteroatoms. The fraction of sp³-hybridized carbons (Fsp3) is 0.261. The molecule has 1 fully saturated rings. The van der Waals surface area contributed by atoms with Gasteiger partial charge in [0.05, 0.1) is 24.9 Å². The number of ether oxygens (including phenoxy) is 2. The quantitative estimate of drug-likeness (QED) is 0.479. The van der Waals surface area contributed by atoms with Crippen molar-refractivity contribution in [3.05, 3.63) is 53.9 Å². The van der Waals surface area contributed by atoms with E-state index in [0.717, 1.165) is 48.8 Å². The number of aromatic nitrogens is 4. The van der Waals surface area contributed by atoms with E-state index in [-0.39, 0.29) is 0 Å². The number of rotatable bonds is 5. The summed E-state index contributed by atoms with van der Waals surface area (Å²) in [5.74, 6) is 2.37. The summed E-state index contributed by atoms with van der Waals surface area (Å²) in [6, 6.07) is 9.48. The molecule has 5 rings (SSSR count). The highest BCUT2D eigenvalue weighted by Gasteiger charge is 2.20. The van der Waals surface area contributed by atoms with Crippen LogP contribution in [0.3, 0.4) is 0 Å². The van der Waals surface area contributed by atoms with Crippen LogP contribution in [0.5, 0.6) is 11.5 Å². The number of benzene rings is 1. The van der Waals surface area contributed by atoms with Crippen molar-refractivity contribution >= 4 is 34.7 Å². The van der Waals surface area contributed by atoms with Crippen molar-refractivity contribution < 1.29 is 9.47 Å². The van der Waals surface area contributed by atoms with E-state index >= 15 is 0 Å². The normalized spacial score (nSPS) is 14.0. The van der Waals surface area contributed by atoms with Crippen LogP contribution in [0.2, 0.25) is 5.02 Å². The first kappa shape index (κ1) is 21.1. The highest BCUT2D eigenvalue weighted by Crippen LogP contribution is 2.38. The van der Waals surface area contributed by atoms with E-state index in [2.05, 4.69) is 31.9 Å². The zero-order chi connectivity index (χ0) is 22.9. The van der Waals surface area contributed by atoms with Crippen LogP contribution < -0.4 is 25.0 Å². The summed E-state index contributed by atoms with van der Waals surface area (Å²) in [7, 11) is 3.20. The molecule has 0 bridgehead atoms. The van der Waals surface area contributed by atoms with E-state index in [4.69, 9.17) is 31.8 Å². The highest BCUT2D eigenvalue weighted by molar-refractivity contribution is 6.32. The fourth-order valence-electron chi connectivity index (χ4n) is 4.04. The molecule has 0 unspecified atom stereocenters. The van der Waals surface area contributed by atoms with Gasteiger partial charge in [-0.25, -0.2) is 9.97 Å². The van der Waals surface area contributed by atoms with Gasteiger partial charge in [-0.15, -0.1) is 0 Å². The van der Waals surface area contributed by atoms with Crippen LogP contribution in [0.15, 0.2) is 48.9 Å². The van der Waals surface area contributed by atoms with E-state index in [0.29, 0.717) is 28.3 Å². The highest BCUT2D eigenvalue weighted by atomic mass is 35.5. The molecule has 4 aromatic rings. The number of nitrogen functional groups attached to an aromatic ring is 1. The molecular weight excluding hydrogens is 442 g/mol. The van der Waals surface area contributed by atoms with Gasteiger partial charge in [-0.1, -0.05) is 11.6 Å². The van der Waals surface area contributed by atoms with Crippen LogP contribution in [0.4, 0.5) is 17.5 Å². The summed E-state index contributed by atoms with van der Waals surface area (Å²) in [5.41, 5.74) is 9.35. The van der Waals surface area contributed by atoms with Gasteiger partial charge in [0.2, 0.25) is 5.95 Å². The molecule has 1 saturated heterocycles. The standard InChI is InChI=1S/C23H24ClN7O2/c1-32-19-13-20(33-2)17(24)12-16(19)18-14-31-6-4-15(11-22(31)27-18)29-7-9-30(10-8-29)23-26-5-3-21(25)28-23/h3-6,11-14H,7-10H2,1-2H3,(H2,25,26,28). The number of halogens is 1. The molecule has 0 amide bonds. The van der Waals surface area contributed by atoms with Gasteiger partial charge in [-0.05, 0) is 18.2 Å². The van der Waals surface area contributed by atoms with Crippen molar-refractivity contribution in [3.63, 3.8) is 0 Å². The zero-order valence-corrected chi connectivity index (χ0v) is 19.2. The van der Waals surface area contributed by atoms with Crippen LogP contribution in [-0.4, -0.2) is 59.8 Å². The predicted molar refractivity (Wildman–Crippen MR) is 130 cm³/mol. The van der Waals surface area contributed by atoms with Crippen LogP contribution in [0.1, 0.15) is 0 Å². The second-order valence-corrected chi connectivity index (χ2v) is 8.13. The number of imidazole rings is 1. The molecule has 170 valence electrons. The second-order valence-electron chi connectivity index (χ2n) is 7.72. The summed E-state index contributed by atoms with van der Waals surface area (Å²) in [6.07, 6.45) is 5.68. The summed E-state index contributed by atoms with van der Waals surface area (Å²) >= 11 is 6.36. The van der Waals surface area contributed by atoms with Crippen molar-refractivity contribution in [2.45, 2.75) is 0 Å². The molecule has 1 aromatic carbocycles. The van der Waals surface area contributed by atoms with Crippen molar-refractivity contribution in [1.29, 1.82) is 0 Å². The Balaban J connectivity index is 1.38. The van der Waals surface area contributed by atoms with E-state index in [1.165, 1.54) is 0 Å². The summed E-state index contributed by atoms with van der Waals surface area (Å²) in [4.78, 5) is 18.0. The van der Waals surface area contributed by atoms with Gasteiger partial charge in [0, 0.05) is 68.2 Å². The van der Waals surface area contributed by atoms with E-state index in [1.54, 1.807) is 32.5 Å². The van der Waals surface area contributed by atoms with Crippen molar-refractivity contribution in [2.75, 3.05) is 55.9 Å². The van der Waals surface area contributed by atoms with Gasteiger partial charge in [0.25, 0.3) is 0 Å². The number of pyridine rings is 1. The van der Waals surface area contributed by atoms with Crippen LogP contribution in [0, 0.1) is 0 Å². The Bertz CT molecular complexity index is 1300. The number of hydrogen-bond donors (Lipinski definition) is 1. The molecule has 3 aromatic heterocycles. The van der Waals surface area contributed by atoms with Gasteiger partial charge in [-0.2, -0.15) is 4.98 Å². The summed E-state index contributed by atoms with van der Waals surface area (Å²) in [5, 5.41) is 0.507. The number of methoxy groups -OCH3 is 2. The lowest BCUT2D eigenvalue weighted by Crippen LogP contribution is -2.47. The molecule has 4 heterocycles. The minimum absolute atomic E-state index is 0.484. The average Bonchev–Trinajstić information content (AvgIpc) is 3.27. The average molecular weight is 466 g/mol. The van der Waals surface area contributed by atoms with E-state index in [1.807, 2.05) is 22.9 Å². The lowest BCUT2D eigenvalue weighted by atomic mass is 10.1. The molecule has 0 aliphatic carbocycles. The Hall–Kier alpha value is -3.72. The number of nitrogens with two attached hydrogens (primary N) is 1. The molecule has 1 aliphatic rings. The maximum Gasteiger partial charge on any atom is 0.227 e. The number of fused-ring (bicyclic) bond motifs is 1. The number of piperazine rings is 1. The van der Waals surface area contributed by atoms with Crippen LogP contribution in [-0.2, 0) is 0 Å². The van der Waals surface area contributed by atoms with Gasteiger partial charge in [0.15, 0.2) is 0 Å². The predicted octanol–water partition coefficient (Wildman–Crippen LogP) is 3.37. The largest absolute Gasteiger partial charge is 0.496 e. The zero-order valence-electron chi connectivity index (χ0n) is 18.4. The third-order valence-electron chi connectivity index (χ3n) is 5.79. The molecule has 2 N–H and O–H groups in total. The summed E-state index contributed by atoms with van der Waals surface area (Å²) in [6.45, 7) is 3.33. The van der Waals surface area contributed by atoms with Gasteiger partial charge >= 0.3 is 0 Å². The van der Waals surface area contributed by atoms with Crippen LogP contribution >= 0.6 is 11.6 Å². The van der Waals surface area contributed by atoms with Crippen molar-refractivity contribution in [3.8, 4) is 22.8 Å². The van der Waals surface area contributed by atoms with Gasteiger partial charge in [-0.3, -0.25) is 0 Å². The molecule has 1 aliphatic heterocycles. The van der Waals surface area contributed by atoms with E-state index < -0.39 is 0 Å². The molecule has 0 radical (unpaired) electrons. The smallest absolute Gasteiger partial charge is 0.227 e. The Morgan fingerprint density at radius 3 is 2.42 bits per heavy atom. The molecule has 33 heavy (non-hydrogen) atoms. The Labute approximate surface area is 196 Å². The molecule has 0 spiro atoms. The maximum atomic E-state index is 6.36. The maximum absolute atomic E-state index is 6.36.